The molecule has 0 aliphatic rings. The molecule has 1 aromatic carbocycles. The van der Waals surface area contributed by atoms with Crippen molar-refractivity contribution in [3.05, 3.63) is 29.8 Å². The lowest BCUT2D eigenvalue weighted by molar-refractivity contribution is 0.0938. The summed E-state index contributed by atoms with van der Waals surface area (Å²) in [4.78, 5) is 12.5. The maximum atomic E-state index is 11.8. The van der Waals surface area contributed by atoms with E-state index in [1.807, 2.05) is 18.2 Å². The molecule has 0 bridgehead atoms. The minimum absolute atomic E-state index is 0.0777. The number of thiol groups is 1. The van der Waals surface area contributed by atoms with Crippen molar-refractivity contribution in [1.29, 1.82) is 0 Å². The highest BCUT2D eigenvalue weighted by Crippen LogP contribution is 2.12. The molecule has 0 saturated heterocycles. The zero-order valence-corrected chi connectivity index (χ0v) is 11.0. The van der Waals surface area contributed by atoms with Crippen LogP contribution in [0.4, 0.5) is 0 Å². The molecule has 3 nitrogen and oxygen atoms in total. The molecule has 0 heterocycles. The Hall–Kier alpha value is -1.00. The van der Waals surface area contributed by atoms with E-state index in [0.29, 0.717) is 23.6 Å². The van der Waals surface area contributed by atoms with E-state index in [9.17, 15) is 4.79 Å². The number of benzene rings is 1. The van der Waals surface area contributed by atoms with Gasteiger partial charge in [0, 0.05) is 24.7 Å². The van der Waals surface area contributed by atoms with Gasteiger partial charge < -0.3 is 10.1 Å². The third-order valence-corrected chi connectivity index (χ3v) is 2.64. The van der Waals surface area contributed by atoms with Crippen LogP contribution < -0.4 is 5.32 Å². The predicted octanol–water partition coefficient (Wildman–Crippen LogP) is 2.52. The van der Waals surface area contributed by atoms with Crippen LogP contribution in [0.25, 0.3) is 0 Å². The molecule has 17 heavy (non-hydrogen) atoms. The Morgan fingerprint density at radius 3 is 2.82 bits per heavy atom. The lowest BCUT2D eigenvalue weighted by Gasteiger charge is -2.07. The number of nitrogens with one attached hydrogen (secondary N) is 1. The summed E-state index contributed by atoms with van der Waals surface area (Å²) >= 11 is 4.24. The number of ether oxygens (including phenoxy) is 1. The maximum absolute atomic E-state index is 11.8. The standard InChI is InChI=1S/C13H19NO2S/c1-2-9-16-10-5-8-14-13(15)11-6-3-4-7-12(11)17/h3-4,6-7,17H,2,5,8-10H2,1H3,(H,14,15). The second kappa shape index (κ2) is 8.14. The van der Waals surface area contributed by atoms with Gasteiger partial charge in [-0.3, -0.25) is 4.79 Å². The van der Waals surface area contributed by atoms with E-state index >= 15 is 0 Å². The van der Waals surface area contributed by atoms with E-state index in [4.69, 9.17) is 4.74 Å². The molecule has 1 aromatic rings. The fourth-order valence-electron chi connectivity index (χ4n) is 1.38. The fourth-order valence-corrected chi connectivity index (χ4v) is 1.65. The Morgan fingerprint density at radius 2 is 2.12 bits per heavy atom. The van der Waals surface area contributed by atoms with Gasteiger partial charge in [0.2, 0.25) is 0 Å². The van der Waals surface area contributed by atoms with Gasteiger partial charge in [-0.05, 0) is 25.0 Å². The van der Waals surface area contributed by atoms with Crippen molar-refractivity contribution in [2.24, 2.45) is 0 Å². The third kappa shape index (κ3) is 5.24. The van der Waals surface area contributed by atoms with E-state index in [-0.39, 0.29) is 5.91 Å². The lowest BCUT2D eigenvalue weighted by Crippen LogP contribution is -2.25. The zero-order valence-electron chi connectivity index (χ0n) is 10.1. The van der Waals surface area contributed by atoms with Crippen molar-refractivity contribution >= 4 is 18.5 Å². The molecular weight excluding hydrogens is 234 g/mol. The summed E-state index contributed by atoms with van der Waals surface area (Å²) in [6, 6.07) is 7.27. The Bertz CT molecular complexity index is 355. The Kier molecular flexibility index (Phi) is 6.74. The van der Waals surface area contributed by atoms with Crippen LogP contribution in [0.1, 0.15) is 30.1 Å². The highest BCUT2D eigenvalue weighted by molar-refractivity contribution is 7.80. The maximum Gasteiger partial charge on any atom is 0.252 e. The van der Waals surface area contributed by atoms with Gasteiger partial charge in [-0.25, -0.2) is 0 Å². The zero-order chi connectivity index (χ0) is 12.5. The van der Waals surface area contributed by atoms with Crippen LogP contribution >= 0.6 is 12.6 Å². The van der Waals surface area contributed by atoms with Crippen molar-refractivity contribution in [2.75, 3.05) is 19.8 Å². The normalized spacial score (nSPS) is 10.2. The number of carbonyl (C=O) groups is 1. The number of hydrogen-bond donors (Lipinski definition) is 2. The predicted molar refractivity (Wildman–Crippen MR) is 71.8 cm³/mol. The summed E-state index contributed by atoms with van der Waals surface area (Å²) in [5.74, 6) is -0.0777. The summed E-state index contributed by atoms with van der Waals surface area (Å²) in [6.45, 7) is 4.18. The molecule has 0 aliphatic heterocycles. The van der Waals surface area contributed by atoms with Gasteiger partial charge in [-0.1, -0.05) is 19.1 Å². The first-order chi connectivity index (χ1) is 8.25. The van der Waals surface area contributed by atoms with Crippen LogP contribution in [0.3, 0.4) is 0 Å². The first-order valence-corrected chi connectivity index (χ1v) is 6.34. The lowest BCUT2D eigenvalue weighted by atomic mass is 10.2. The monoisotopic (exact) mass is 253 g/mol. The molecule has 94 valence electrons. The summed E-state index contributed by atoms with van der Waals surface area (Å²) in [5, 5.41) is 2.85. The molecule has 0 spiro atoms. The van der Waals surface area contributed by atoms with Gasteiger partial charge in [-0.2, -0.15) is 0 Å². The molecular formula is C13H19NO2S. The first kappa shape index (κ1) is 14.1. The topological polar surface area (TPSA) is 38.3 Å². The molecule has 0 aliphatic carbocycles. The van der Waals surface area contributed by atoms with Crippen LogP contribution in [0, 0.1) is 0 Å². The molecule has 4 heteroatoms. The number of carbonyl (C=O) groups excluding carboxylic acids is 1. The van der Waals surface area contributed by atoms with Gasteiger partial charge in [-0.15, -0.1) is 12.6 Å². The molecule has 0 fully saturated rings. The summed E-state index contributed by atoms with van der Waals surface area (Å²) in [7, 11) is 0. The molecule has 0 radical (unpaired) electrons. The molecule has 1 N–H and O–H groups in total. The highest BCUT2D eigenvalue weighted by atomic mass is 32.1. The number of rotatable bonds is 7. The summed E-state index contributed by atoms with van der Waals surface area (Å²) < 4.78 is 5.33. The Morgan fingerprint density at radius 1 is 1.35 bits per heavy atom. The molecule has 0 unspecified atom stereocenters. The van der Waals surface area contributed by atoms with Gasteiger partial charge in [0.15, 0.2) is 0 Å². The molecule has 0 aromatic heterocycles. The third-order valence-electron chi connectivity index (χ3n) is 2.25. The molecule has 1 rings (SSSR count). The first-order valence-electron chi connectivity index (χ1n) is 5.89. The molecule has 0 saturated carbocycles. The average molecular weight is 253 g/mol. The summed E-state index contributed by atoms with van der Waals surface area (Å²) in [6.07, 6.45) is 1.86. The van der Waals surface area contributed by atoms with Crippen LogP contribution in [-0.4, -0.2) is 25.7 Å². The Balaban J connectivity index is 2.24. The Labute approximate surface area is 108 Å². The minimum atomic E-state index is -0.0777. The van der Waals surface area contributed by atoms with Gasteiger partial charge >= 0.3 is 0 Å². The van der Waals surface area contributed by atoms with Crippen LogP contribution in [-0.2, 0) is 4.74 Å². The van der Waals surface area contributed by atoms with E-state index in [2.05, 4.69) is 24.9 Å². The highest BCUT2D eigenvalue weighted by Gasteiger charge is 2.07. The van der Waals surface area contributed by atoms with Crippen molar-refractivity contribution in [3.63, 3.8) is 0 Å². The van der Waals surface area contributed by atoms with Crippen molar-refractivity contribution in [2.45, 2.75) is 24.7 Å². The van der Waals surface area contributed by atoms with Gasteiger partial charge in [0.25, 0.3) is 5.91 Å². The fraction of sp³-hybridized carbons (Fsp3) is 0.462. The van der Waals surface area contributed by atoms with Crippen LogP contribution in [0.2, 0.25) is 0 Å². The SMILES string of the molecule is CCCOCCCNC(=O)c1ccccc1S. The number of hydrogen-bond acceptors (Lipinski definition) is 3. The second-order valence-corrected chi connectivity index (χ2v) is 4.22. The second-order valence-electron chi connectivity index (χ2n) is 3.74. The van der Waals surface area contributed by atoms with Gasteiger partial charge in [0.1, 0.15) is 0 Å². The van der Waals surface area contributed by atoms with Crippen LogP contribution in [0.15, 0.2) is 29.2 Å². The smallest absolute Gasteiger partial charge is 0.252 e. The number of amides is 1. The minimum Gasteiger partial charge on any atom is -0.381 e. The van der Waals surface area contributed by atoms with E-state index in [1.54, 1.807) is 6.07 Å². The molecule has 0 atom stereocenters. The van der Waals surface area contributed by atoms with Crippen molar-refractivity contribution in [1.82, 2.24) is 5.32 Å². The van der Waals surface area contributed by atoms with Crippen molar-refractivity contribution < 1.29 is 9.53 Å². The summed E-state index contributed by atoms with van der Waals surface area (Å²) in [5.41, 5.74) is 0.616. The largest absolute Gasteiger partial charge is 0.381 e. The average Bonchev–Trinajstić information content (AvgIpc) is 2.34. The molecule has 1 amide bonds. The van der Waals surface area contributed by atoms with E-state index in [1.165, 1.54) is 0 Å². The van der Waals surface area contributed by atoms with Crippen LogP contribution in [0.5, 0.6) is 0 Å². The van der Waals surface area contributed by atoms with E-state index < -0.39 is 0 Å². The quantitative estimate of drug-likeness (QED) is 0.579. The van der Waals surface area contributed by atoms with E-state index in [0.717, 1.165) is 19.4 Å². The van der Waals surface area contributed by atoms with Gasteiger partial charge in [0.05, 0.1) is 5.56 Å². The van der Waals surface area contributed by atoms with Crippen molar-refractivity contribution in [3.8, 4) is 0 Å².